The molecule has 0 spiro atoms. The Hall–Kier alpha value is -1.24. The van der Waals surface area contributed by atoms with Crippen molar-refractivity contribution in [2.24, 2.45) is 5.73 Å². The fraction of sp³-hybridized carbons (Fsp3) is 0.273. The second-order valence-electron chi connectivity index (χ2n) is 2.62. The highest BCUT2D eigenvalue weighted by atomic mass is 14.5. The van der Waals surface area contributed by atoms with Gasteiger partial charge in [-0.1, -0.05) is 24.8 Å². The van der Waals surface area contributed by atoms with Crippen molar-refractivity contribution < 1.29 is 0 Å². The molecule has 0 atom stereocenters. The van der Waals surface area contributed by atoms with Crippen molar-refractivity contribution in [3.8, 4) is 0 Å². The lowest BCUT2D eigenvalue weighted by molar-refractivity contribution is 1.01. The van der Waals surface area contributed by atoms with Gasteiger partial charge in [-0.3, -0.25) is 0 Å². The van der Waals surface area contributed by atoms with Crippen LogP contribution in [0.5, 0.6) is 0 Å². The van der Waals surface area contributed by atoms with Crippen molar-refractivity contribution in [2.75, 3.05) is 0 Å². The Morgan fingerprint density at radius 1 is 1.50 bits per heavy atom. The van der Waals surface area contributed by atoms with Gasteiger partial charge in [0.05, 0.1) is 0 Å². The van der Waals surface area contributed by atoms with Crippen LogP contribution >= 0.6 is 0 Å². The minimum atomic E-state index is 0.604. The molecule has 0 unspecified atom stereocenters. The average molecular weight is 163 g/mol. The molecule has 1 nitrogen and oxygen atoms in total. The van der Waals surface area contributed by atoms with Crippen LogP contribution < -0.4 is 5.73 Å². The lowest BCUT2D eigenvalue weighted by Gasteiger charge is -1.98. The average Bonchev–Trinajstić information content (AvgIpc) is 2.00. The van der Waals surface area contributed by atoms with Crippen LogP contribution in [0.25, 0.3) is 0 Å². The van der Waals surface area contributed by atoms with E-state index in [0.717, 1.165) is 12.8 Å². The summed E-state index contributed by atoms with van der Waals surface area (Å²) in [6.07, 6.45) is 9.78. The second kappa shape index (κ2) is 6.47. The highest BCUT2D eigenvalue weighted by Gasteiger charge is 1.90. The molecule has 0 aromatic carbocycles. The van der Waals surface area contributed by atoms with Gasteiger partial charge in [-0.15, -0.1) is 6.58 Å². The molecule has 0 saturated heterocycles. The minimum Gasteiger partial charge on any atom is -0.399 e. The highest BCUT2D eigenvalue weighted by Crippen LogP contribution is 2.08. The monoisotopic (exact) mass is 163 g/mol. The fourth-order valence-electron chi connectivity index (χ4n) is 0.925. The summed E-state index contributed by atoms with van der Waals surface area (Å²) in [6, 6.07) is 0. The fourth-order valence-corrected chi connectivity index (χ4v) is 0.925. The van der Waals surface area contributed by atoms with Crippen molar-refractivity contribution >= 4 is 0 Å². The summed E-state index contributed by atoms with van der Waals surface area (Å²) < 4.78 is 0. The summed E-state index contributed by atoms with van der Waals surface area (Å²) in [5.41, 5.74) is 7.27. The van der Waals surface area contributed by atoms with E-state index in [-0.39, 0.29) is 0 Å². The molecule has 0 bridgehead atoms. The van der Waals surface area contributed by atoms with Gasteiger partial charge in [-0.25, -0.2) is 0 Å². The van der Waals surface area contributed by atoms with Gasteiger partial charge in [0.15, 0.2) is 0 Å². The maximum Gasteiger partial charge on any atom is 0.0243 e. The van der Waals surface area contributed by atoms with Crippen molar-refractivity contribution in [1.82, 2.24) is 0 Å². The van der Waals surface area contributed by atoms with Gasteiger partial charge in [0.1, 0.15) is 0 Å². The number of rotatable bonds is 5. The summed E-state index contributed by atoms with van der Waals surface area (Å²) >= 11 is 0. The van der Waals surface area contributed by atoms with Crippen LogP contribution in [-0.2, 0) is 0 Å². The van der Waals surface area contributed by atoms with Crippen molar-refractivity contribution in [3.63, 3.8) is 0 Å². The molecule has 0 aliphatic rings. The number of hydrogen-bond donors (Lipinski definition) is 1. The summed E-state index contributed by atoms with van der Waals surface area (Å²) in [7, 11) is 0. The molecule has 0 rings (SSSR count). The molecule has 0 fully saturated rings. The van der Waals surface area contributed by atoms with Crippen molar-refractivity contribution in [1.29, 1.82) is 0 Å². The van der Waals surface area contributed by atoms with Crippen LogP contribution in [0.15, 0.2) is 48.7 Å². The van der Waals surface area contributed by atoms with E-state index in [4.69, 9.17) is 5.73 Å². The highest BCUT2D eigenvalue weighted by molar-refractivity contribution is 5.26. The van der Waals surface area contributed by atoms with E-state index in [2.05, 4.69) is 13.2 Å². The third kappa shape index (κ3) is 5.54. The molecular formula is C11H17N. The van der Waals surface area contributed by atoms with Gasteiger partial charge in [0.2, 0.25) is 0 Å². The van der Waals surface area contributed by atoms with Gasteiger partial charge >= 0.3 is 0 Å². The molecule has 0 heterocycles. The lowest BCUT2D eigenvalue weighted by atomic mass is 10.1. The van der Waals surface area contributed by atoms with E-state index in [1.165, 1.54) is 5.57 Å². The Balaban J connectivity index is 4.21. The molecule has 0 aliphatic heterocycles. The number of allylic oxidation sites excluding steroid dienone is 5. The van der Waals surface area contributed by atoms with E-state index in [1.807, 2.05) is 31.2 Å². The largest absolute Gasteiger partial charge is 0.399 e. The predicted octanol–water partition coefficient (Wildman–Crippen LogP) is 2.93. The zero-order valence-corrected chi connectivity index (χ0v) is 7.72. The van der Waals surface area contributed by atoms with E-state index < -0.39 is 0 Å². The minimum absolute atomic E-state index is 0.604. The SMILES string of the molecule is C=CCCC(/C=C\C)=C/C(=C)N. The molecule has 66 valence electrons. The van der Waals surface area contributed by atoms with Crippen molar-refractivity contribution in [3.05, 3.63) is 48.7 Å². The predicted molar refractivity (Wildman–Crippen MR) is 55.7 cm³/mol. The molecule has 0 saturated carbocycles. The quantitative estimate of drug-likeness (QED) is 0.489. The maximum atomic E-state index is 5.46. The number of hydrogen-bond acceptors (Lipinski definition) is 1. The van der Waals surface area contributed by atoms with Gasteiger partial charge < -0.3 is 5.73 Å². The molecular weight excluding hydrogens is 146 g/mol. The molecule has 0 aromatic heterocycles. The Morgan fingerprint density at radius 3 is 2.58 bits per heavy atom. The third-order valence-corrected chi connectivity index (χ3v) is 1.39. The molecule has 0 aromatic rings. The molecule has 0 radical (unpaired) electrons. The topological polar surface area (TPSA) is 26.0 Å². The Morgan fingerprint density at radius 2 is 2.17 bits per heavy atom. The van der Waals surface area contributed by atoms with Crippen LogP contribution in [0.4, 0.5) is 0 Å². The van der Waals surface area contributed by atoms with Crippen LogP contribution in [0.1, 0.15) is 19.8 Å². The first-order valence-corrected chi connectivity index (χ1v) is 4.09. The van der Waals surface area contributed by atoms with Crippen molar-refractivity contribution in [2.45, 2.75) is 19.8 Å². The van der Waals surface area contributed by atoms with Gasteiger partial charge in [0.25, 0.3) is 0 Å². The van der Waals surface area contributed by atoms with Crippen LogP contribution in [-0.4, -0.2) is 0 Å². The first-order chi connectivity index (χ1) is 5.70. The third-order valence-electron chi connectivity index (χ3n) is 1.39. The Labute approximate surface area is 75.0 Å². The summed E-state index contributed by atoms with van der Waals surface area (Å²) in [5.74, 6) is 0. The van der Waals surface area contributed by atoms with E-state index in [0.29, 0.717) is 5.70 Å². The first-order valence-electron chi connectivity index (χ1n) is 4.09. The van der Waals surface area contributed by atoms with Crippen LogP contribution in [0.2, 0.25) is 0 Å². The molecule has 12 heavy (non-hydrogen) atoms. The molecule has 0 amide bonds. The van der Waals surface area contributed by atoms with Gasteiger partial charge in [-0.2, -0.15) is 0 Å². The van der Waals surface area contributed by atoms with Crippen LogP contribution in [0, 0.1) is 0 Å². The van der Waals surface area contributed by atoms with Crippen LogP contribution in [0.3, 0.4) is 0 Å². The normalized spacial score (nSPS) is 11.9. The summed E-state index contributed by atoms with van der Waals surface area (Å²) in [6.45, 7) is 9.28. The number of nitrogens with two attached hydrogens (primary N) is 1. The van der Waals surface area contributed by atoms with E-state index in [1.54, 1.807) is 0 Å². The lowest BCUT2D eigenvalue weighted by Crippen LogP contribution is -1.91. The standard InChI is InChI=1S/C11H17N/c1-4-6-8-11(7-5-2)9-10(3)12/h4-5,7,9H,1,3,6,8,12H2,2H3/b7-5-,11-9+. The van der Waals surface area contributed by atoms with Gasteiger partial charge in [-0.05, 0) is 31.4 Å². The zero-order valence-electron chi connectivity index (χ0n) is 7.72. The zero-order chi connectivity index (χ0) is 9.40. The molecule has 1 heteroatoms. The van der Waals surface area contributed by atoms with E-state index >= 15 is 0 Å². The Bertz CT molecular complexity index is 209. The van der Waals surface area contributed by atoms with E-state index in [9.17, 15) is 0 Å². The maximum absolute atomic E-state index is 5.46. The summed E-state index contributed by atoms with van der Waals surface area (Å²) in [5, 5.41) is 0. The first kappa shape index (κ1) is 10.8. The Kier molecular flexibility index (Phi) is 5.80. The second-order valence-corrected chi connectivity index (χ2v) is 2.62. The smallest absolute Gasteiger partial charge is 0.0243 e. The molecule has 2 N–H and O–H groups in total. The van der Waals surface area contributed by atoms with Gasteiger partial charge in [0, 0.05) is 5.70 Å². The summed E-state index contributed by atoms with van der Waals surface area (Å²) in [4.78, 5) is 0. The molecule has 0 aliphatic carbocycles.